The smallest absolute Gasteiger partial charge is 0.306 e. The number of carbonyl (C=O) groups is 3. The van der Waals surface area contributed by atoms with Crippen molar-refractivity contribution in [1.82, 2.24) is 0 Å². The number of hydrogen-bond donors (Lipinski definition) is 0. The Bertz CT molecular complexity index is 1230. The van der Waals surface area contributed by atoms with E-state index in [1.165, 1.54) is 161 Å². The highest BCUT2D eigenvalue weighted by atomic mass is 16.6. The van der Waals surface area contributed by atoms with Gasteiger partial charge < -0.3 is 14.2 Å². The molecule has 0 aromatic carbocycles. The maximum Gasteiger partial charge on any atom is 0.306 e. The zero-order chi connectivity index (χ0) is 49.3. The maximum absolute atomic E-state index is 12.9. The lowest BCUT2D eigenvalue weighted by Crippen LogP contribution is -2.30. The van der Waals surface area contributed by atoms with Crippen LogP contribution in [0.15, 0.2) is 60.8 Å². The van der Waals surface area contributed by atoms with Crippen LogP contribution in [0.1, 0.15) is 297 Å². The first-order valence-electron chi connectivity index (χ1n) is 29.3. The third-order valence-corrected chi connectivity index (χ3v) is 12.8. The fraction of sp³-hybridized carbons (Fsp3) is 0.790. The van der Waals surface area contributed by atoms with Crippen molar-refractivity contribution in [2.45, 2.75) is 303 Å². The Hall–Kier alpha value is -2.89. The Labute approximate surface area is 421 Å². The highest BCUT2D eigenvalue weighted by Gasteiger charge is 2.19. The topological polar surface area (TPSA) is 78.9 Å². The Morgan fingerprint density at radius 1 is 0.309 bits per heavy atom. The molecule has 394 valence electrons. The molecule has 0 radical (unpaired) electrons. The molecule has 0 aliphatic heterocycles. The molecule has 0 heterocycles. The third kappa shape index (κ3) is 54.1. The van der Waals surface area contributed by atoms with E-state index >= 15 is 0 Å². The average Bonchev–Trinajstić information content (AvgIpc) is 3.34. The fourth-order valence-corrected chi connectivity index (χ4v) is 8.41. The second-order valence-electron chi connectivity index (χ2n) is 19.5. The van der Waals surface area contributed by atoms with E-state index in [-0.39, 0.29) is 31.1 Å². The van der Waals surface area contributed by atoms with Crippen LogP contribution in [0.2, 0.25) is 0 Å². The first-order chi connectivity index (χ1) is 33.5. The van der Waals surface area contributed by atoms with Gasteiger partial charge in [-0.3, -0.25) is 14.4 Å². The van der Waals surface area contributed by atoms with Gasteiger partial charge in [-0.15, -0.1) is 0 Å². The molecule has 0 rings (SSSR count). The summed E-state index contributed by atoms with van der Waals surface area (Å²) >= 11 is 0. The number of ether oxygens (including phenoxy) is 3. The van der Waals surface area contributed by atoms with Crippen LogP contribution < -0.4 is 0 Å². The average molecular weight is 952 g/mol. The van der Waals surface area contributed by atoms with Gasteiger partial charge in [-0.05, 0) is 64.2 Å². The molecule has 0 unspecified atom stereocenters. The summed E-state index contributed by atoms with van der Waals surface area (Å²) in [7, 11) is 0. The van der Waals surface area contributed by atoms with Crippen molar-refractivity contribution in [2.24, 2.45) is 0 Å². The minimum Gasteiger partial charge on any atom is -0.462 e. The van der Waals surface area contributed by atoms with Crippen LogP contribution in [0.5, 0.6) is 0 Å². The van der Waals surface area contributed by atoms with Crippen LogP contribution in [0.25, 0.3) is 0 Å². The summed E-state index contributed by atoms with van der Waals surface area (Å²) in [5, 5.41) is 0. The molecule has 6 nitrogen and oxygen atoms in total. The van der Waals surface area contributed by atoms with Gasteiger partial charge in [0.25, 0.3) is 0 Å². The molecular weight excluding hydrogens is 841 g/mol. The van der Waals surface area contributed by atoms with E-state index in [4.69, 9.17) is 14.2 Å². The summed E-state index contributed by atoms with van der Waals surface area (Å²) in [6, 6.07) is 0. The number of rotatable bonds is 53. The van der Waals surface area contributed by atoms with Crippen molar-refractivity contribution in [3.63, 3.8) is 0 Å². The van der Waals surface area contributed by atoms with E-state index in [0.717, 1.165) is 96.3 Å². The van der Waals surface area contributed by atoms with Gasteiger partial charge in [-0.1, -0.05) is 274 Å². The first-order valence-corrected chi connectivity index (χ1v) is 29.3. The SMILES string of the molecule is CC/C=C/C/C=C/C/C=C/C/C=C/C/C=C/CCCCCC(=O)OC[C@@H](COC(=O)CCCCCCCCCCCCCCCCC)OC(=O)CCCCCCCCCCCCCCCCCC. The van der Waals surface area contributed by atoms with Gasteiger partial charge in [0.15, 0.2) is 6.10 Å². The lowest BCUT2D eigenvalue weighted by Gasteiger charge is -2.18. The van der Waals surface area contributed by atoms with Crippen LogP contribution in [-0.2, 0) is 28.6 Å². The molecule has 1 atom stereocenters. The van der Waals surface area contributed by atoms with E-state index < -0.39 is 6.10 Å². The molecule has 6 heteroatoms. The van der Waals surface area contributed by atoms with E-state index in [0.29, 0.717) is 19.3 Å². The van der Waals surface area contributed by atoms with Gasteiger partial charge in [-0.25, -0.2) is 0 Å². The molecule has 0 aliphatic carbocycles. The predicted molar refractivity (Wildman–Crippen MR) is 293 cm³/mol. The molecule has 0 aromatic heterocycles. The predicted octanol–water partition coefficient (Wildman–Crippen LogP) is 19.6. The monoisotopic (exact) mass is 951 g/mol. The summed E-state index contributed by atoms with van der Waals surface area (Å²) in [6.45, 7) is 6.54. The molecular formula is C62H110O6. The van der Waals surface area contributed by atoms with Crippen molar-refractivity contribution in [2.75, 3.05) is 13.2 Å². The molecule has 0 saturated heterocycles. The highest BCUT2D eigenvalue weighted by Crippen LogP contribution is 2.17. The normalized spacial score (nSPS) is 12.5. The number of unbranched alkanes of at least 4 members (excludes halogenated alkanes) is 32. The highest BCUT2D eigenvalue weighted by molar-refractivity contribution is 5.71. The lowest BCUT2D eigenvalue weighted by molar-refractivity contribution is -0.167. The largest absolute Gasteiger partial charge is 0.462 e. The maximum atomic E-state index is 12.9. The van der Waals surface area contributed by atoms with Gasteiger partial charge in [0.2, 0.25) is 0 Å². The van der Waals surface area contributed by atoms with Crippen LogP contribution in [0, 0.1) is 0 Å². The molecule has 68 heavy (non-hydrogen) atoms. The van der Waals surface area contributed by atoms with Crippen LogP contribution >= 0.6 is 0 Å². The Morgan fingerprint density at radius 2 is 0.574 bits per heavy atom. The van der Waals surface area contributed by atoms with Gasteiger partial charge in [-0.2, -0.15) is 0 Å². The van der Waals surface area contributed by atoms with E-state index in [1.807, 2.05) is 0 Å². The Balaban J connectivity index is 4.41. The second-order valence-corrected chi connectivity index (χ2v) is 19.5. The molecule has 0 saturated carbocycles. The molecule has 0 N–H and O–H groups in total. The van der Waals surface area contributed by atoms with E-state index in [1.54, 1.807) is 0 Å². The zero-order valence-electron chi connectivity index (χ0n) is 45.1. The minimum atomic E-state index is -0.784. The summed E-state index contributed by atoms with van der Waals surface area (Å²) < 4.78 is 16.9. The van der Waals surface area contributed by atoms with Crippen LogP contribution in [0.3, 0.4) is 0 Å². The fourth-order valence-electron chi connectivity index (χ4n) is 8.41. The van der Waals surface area contributed by atoms with E-state index in [9.17, 15) is 14.4 Å². The Morgan fingerprint density at radius 3 is 0.897 bits per heavy atom. The van der Waals surface area contributed by atoms with E-state index in [2.05, 4.69) is 81.5 Å². The summed E-state index contributed by atoms with van der Waals surface area (Å²) in [4.78, 5) is 38.2. The van der Waals surface area contributed by atoms with Gasteiger partial charge in [0.1, 0.15) is 13.2 Å². The standard InChI is InChI=1S/C62H110O6/c1-4-7-10-13-16-19-22-25-28-30-31-32-35-37-40-43-46-49-52-55-61(64)67-58-59(57-66-60(63)54-51-48-45-42-39-36-33-27-24-21-18-15-12-9-6-3)68-62(65)56-53-50-47-44-41-38-34-29-26-23-20-17-14-11-8-5-2/h7,10,16,19,25,28,31-32,37,40,59H,4-6,8-9,11-15,17-18,20-24,26-27,29-30,33-36,38-39,41-58H2,1-3H3/b10-7+,19-16+,28-25+,32-31+,40-37+/t59-/m1/s1. The minimum absolute atomic E-state index is 0.0806. The van der Waals surface area contributed by atoms with Crippen molar-refractivity contribution >= 4 is 17.9 Å². The molecule has 0 aromatic rings. The molecule has 0 aliphatic rings. The number of esters is 3. The van der Waals surface area contributed by atoms with Crippen molar-refractivity contribution in [3.05, 3.63) is 60.8 Å². The summed E-state index contributed by atoms with van der Waals surface area (Å²) in [5.74, 6) is -0.898. The Kier molecular flexibility index (Phi) is 54.3. The van der Waals surface area contributed by atoms with Gasteiger partial charge in [0, 0.05) is 19.3 Å². The number of carbonyl (C=O) groups excluding carboxylic acids is 3. The second kappa shape index (κ2) is 56.7. The molecule has 0 spiro atoms. The van der Waals surface area contributed by atoms with Crippen molar-refractivity contribution in [1.29, 1.82) is 0 Å². The van der Waals surface area contributed by atoms with Gasteiger partial charge in [0.05, 0.1) is 0 Å². The van der Waals surface area contributed by atoms with Crippen molar-refractivity contribution in [3.8, 4) is 0 Å². The quantitative estimate of drug-likeness (QED) is 0.0262. The summed E-state index contributed by atoms with van der Waals surface area (Å²) in [5.41, 5.74) is 0. The first kappa shape index (κ1) is 65.1. The number of hydrogen-bond acceptors (Lipinski definition) is 6. The third-order valence-electron chi connectivity index (χ3n) is 12.8. The summed E-state index contributed by atoms with van der Waals surface area (Å²) in [6.07, 6.45) is 70.7. The van der Waals surface area contributed by atoms with Crippen molar-refractivity contribution < 1.29 is 28.6 Å². The van der Waals surface area contributed by atoms with Gasteiger partial charge >= 0.3 is 17.9 Å². The van der Waals surface area contributed by atoms with Crippen LogP contribution in [0.4, 0.5) is 0 Å². The molecule has 0 bridgehead atoms. The lowest BCUT2D eigenvalue weighted by atomic mass is 10.0. The zero-order valence-corrected chi connectivity index (χ0v) is 45.1. The van der Waals surface area contributed by atoms with Crippen LogP contribution in [-0.4, -0.2) is 37.2 Å². The number of allylic oxidation sites excluding steroid dienone is 10. The molecule has 0 fully saturated rings. The molecule has 0 amide bonds.